The van der Waals surface area contributed by atoms with E-state index in [1.54, 1.807) is 0 Å². The van der Waals surface area contributed by atoms with Crippen LogP contribution in [0.1, 0.15) is 80.6 Å². The number of hydrogen-bond acceptors (Lipinski definition) is 5. The lowest BCUT2D eigenvalue weighted by Gasteiger charge is -2.34. The van der Waals surface area contributed by atoms with Gasteiger partial charge in [-0.25, -0.2) is 4.79 Å². The van der Waals surface area contributed by atoms with Gasteiger partial charge in [0.2, 0.25) is 0 Å². The van der Waals surface area contributed by atoms with Crippen molar-refractivity contribution >= 4 is 12.1 Å². The number of nitrogens with two attached hydrogens (primary N) is 1. The Kier molecular flexibility index (Phi) is 7.93. The standard InChI is InChI=1S/C20H38N2O4/c1-13(22-18(24)26-20(5,6)7)15-10-8-9-14(11-15)12-16(21)17(23)25-19(2,3)4/h13-16H,8-12,21H2,1-7H3,(H,22,24)/t13-,14?,15?,16?/m0/s1. The number of hydrogen-bond donors (Lipinski definition) is 2. The summed E-state index contributed by atoms with van der Waals surface area (Å²) in [5.74, 6) is 0.408. The van der Waals surface area contributed by atoms with Gasteiger partial charge in [-0.2, -0.15) is 0 Å². The van der Waals surface area contributed by atoms with Crippen molar-refractivity contribution in [2.24, 2.45) is 17.6 Å². The number of ether oxygens (including phenoxy) is 2. The van der Waals surface area contributed by atoms with Crippen LogP contribution in [0.25, 0.3) is 0 Å². The lowest BCUT2D eigenvalue weighted by molar-refractivity contribution is -0.157. The van der Waals surface area contributed by atoms with E-state index in [2.05, 4.69) is 5.32 Å². The maximum atomic E-state index is 12.1. The second-order valence-electron chi connectivity index (χ2n) is 9.60. The van der Waals surface area contributed by atoms with Crippen LogP contribution in [0.5, 0.6) is 0 Å². The Morgan fingerprint density at radius 2 is 1.65 bits per heavy atom. The quantitative estimate of drug-likeness (QED) is 0.719. The molecule has 1 saturated carbocycles. The summed E-state index contributed by atoms with van der Waals surface area (Å²) in [5.41, 5.74) is 5.04. The van der Waals surface area contributed by atoms with E-state index in [1.807, 2.05) is 48.5 Å². The molecule has 152 valence electrons. The molecule has 3 N–H and O–H groups in total. The maximum absolute atomic E-state index is 12.1. The van der Waals surface area contributed by atoms with Crippen molar-refractivity contribution in [2.45, 2.75) is 104 Å². The molecule has 0 aromatic rings. The SMILES string of the molecule is C[C@H](NC(=O)OC(C)(C)C)C1CCCC(CC(N)C(=O)OC(C)(C)C)C1. The first-order valence-corrected chi connectivity index (χ1v) is 9.75. The highest BCUT2D eigenvalue weighted by Crippen LogP contribution is 2.34. The predicted octanol–water partition coefficient (Wildman–Crippen LogP) is 3.77. The summed E-state index contributed by atoms with van der Waals surface area (Å²) >= 11 is 0. The van der Waals surface area contributed by atoms with E-state index in [1.165, 1.54) is 0 Å². The third-order valence-corrected chi connectivity index (χ3v) is 4.57. The van der Waals surface area contributed by atoms with Crippen LogP contribution >= 0.6 is 0 Å². The molecule has 6 heteroatoms. The fourth-order valence-corrected chi connectivity index (χ4v) is 3.44. The van der Waals surface area contributed by atoms with Crippen LogP contribution in [0, 0.1) is 11.8 Å². The summed E-state index contributed by atoms with van der Waals surface area (Å²) in [6.45, 7) is 13.1. The Morgan fingerprint density at radius 3 is 2.19 bits per heavy atom. The number of nitrogens with one attached hydrogen (secondary N) is 1. The molecule has 0 aromatic carbocycles. The normalized spacial score (nSPS) is 23.7. The van der Waals surface area contributed by atoms with Gasteiger partial charge in [-0.05, 0) is 79.6 Å². The van der Waals surface area contributed by atoms with Crippen molar-refractivity contribution < 1.29 is 19.1 Å². The van der Waals surface area contributed by atoms with E-state index in [9.17, 15) is 9.59 Å². The Morgan fingerprint density at radius 1 is 1.08 bits per heavy atom. The molecule has 0 aliphatic heterocycles. The van der Waals surface area contributed by atoms with E-state index in [4.69, 9.17) is 15.2 Å². The topological polar surface area (TPSA) is 90.6 Å². The molecule has 1 rings (SSSR count). The molecule has 4 atom stereocenters. The third kappa shape index (κ3) is 8.88. The van der Waals surface area contributed by atoms with Gasteiger partial charge in [0.05, 0.1) is 0 Å². The molecule has 0 bridgehead atoms. The Bertz CT molecular complexity index is 479. The Labute approximate surface area is 158 Å². The highest BCUT2D eigenvalue weighted by atomic mass is 16.6. The minimum absolute atomic E-state index is 0.0328. The summed E-state index contributed by atoms with van der Waals surface area (Å²) < 4.78 is 10.7. The van der Waals surface area contributed by atoms with E-state index < -0.39 is 17.2 Å². The molecule has 6 nitrogen and oxygen atoms in total. The van der Waals surface area contributed by atoms with Crippen LogP contribution in [0.4, 0.5) is 4.79 Å². The summed E-state index contributed by atoms with van der Waals surface area (Å²) in [6, 6.07) is -0.558. The fraction of sp³-hybridized carbons (Fsp3) is 0.900. The number of rotatable bonds is 5. The first-order chi connectivity index (χ1) is 11.8. The summed E-state index contributed by atoms with van der Waals surface area (Å²) in [7, 11) is 0. The highest BCUT2D eigenvalue weighted by molar-refractivity contribution is 5.75. The average Bonchev–Trinajstić information content (AvgIpc) is 2.43. The van der Waals surface area contributed by atoms with Crippen molar-refractivity contribution in [3.8, 4) is 0 Å². The van der Waals surface area contributed by atoms with Gasteiger partial charge in [-0.1, -0.05) is 12.8 Å². The van der Waals surface area contributed by atoms with Crippen molar-refractivity contribution in [1.82, 2.24) is 5.32 Å². The van der Waals surface area contributed by atoms with E-state index in [-0.39, 0.29) is 18.1 Å². The van der Waals surface area contributed by atoms with Gasteiger partial charge in [-0.3, -0.25) is 4.79 Å². The van der Waals surface area contributed by atoms with Crippen molar-refractivity contribution in [3.05, 3.63) is 0 Å². The molecule has 3 unspecified atom stereocenters. The van der Waals surface area contributed by atoms with E-state index >= 15 is 0 Å². The number of esters is 1. The first-order valence-electron chi connectivity index (χ1n) is 9.75. The minimum atomic E-state index is -0.591. The van der Waals surface area contributed by atoms with Crippen molar-refractivity contribution in [1.29, 1.82) is 0 Å². The first kappa shape index (κ1) is 22.7. The molecular weight excluding hydrogens is 332 g/mol. The monoisotopic (exact) mass is 370 g/mol. The zero-order valence-electron chi connectivity index (χ0n) is 17.6. The third-order valence-electron chi connectivity index (χ3n) is 4.57. The molecule has 0 saturated heterocycles. The Hall–Kier alpha value is -1.30. The van der Waals surface area contributed by atoms with Gasteiger partial charge in [0.15, 0.2) is 0 Å². The van der Waals surface area contributed by atoms with Crippen molar-refractivity contribution in [3.63, 3.8) is 0 Å². The number of amides is 1. The molecule has 0 aromatic heterocycles. The van der Waals surface area contributed by atoms with Gasteiger partial charge in [0.1, 0.15) is 17.2 Å². The number of alkyl carbamates (subject to hydrolysis) is 1. The van der Waals surface area contributed by atoms with Gasteiger partial charge in [-0.15, -0.1) is 0 Å². The number of carbonyl (C=O) groups is 2. The molecule has 26 heavy (non-hydrogen) atoms. The van der Waals surface area contributed by atoms with Crippen LogP contribution in [0.2, 0.25) is 0 Å². The zero-order chi connectivity index (χ0) is 20.1. The second kappa shape index (κ2) is 9.07. The summed E-state index contributed by atoms with van der Waals surface area (Å²) in [4.78, 5) is 24.1. The predicted molar refractivity (Wildman–Crippen MR) is 103 cm³/mol. The summed E-state index contributed by atoms with van der Waals surface area (Å²) in [6.07, 6.45) is 4.41. The Balaban J connectivity index is 2.50. The van der Waals surface area contributed by atoms with Gasteiger partial charge in [0, 0.05) is 6.04 Å². The molecular formula is C20H38N2O4. The lowest BCUT2D eigenvalue weighted by atomic mass is 9.76. The van der Waals surface area contributed by atoms with Gasteiger partial charge >= 0.3 is 12.1 Å². The largest absolute Gasteiger partial charge is 0.459 e. The van der Waals surface area contributed by atoms with Crippen LogP contribution in [0.15, 0.2) is 0 Å². The highest BCUT2D eigenvalue weighted by Gasteiger charge is 2.31. The van der Waals surface area contributed by atoms with Gasteiger partial charge < -0.3 is 20.5 Å². The lowest BCUT2D eigenvalue weighted by Crippen LogP contribution is -2.43. The van der Waals surface area contributed by atoms with Crippen LogP contribution in [0.3, 0.4) is 0 Å². The average molecular weight is 371 g/mol. The van der Waals surface area contributed by atoms with E-state index in [0.29, 0.717) is 18.3 Å². The molecule has 1 amide bonds. The van der Waals surface area contributed by atoms with Crippen LogP contribution in [-0.2, 0) is 14.3 Å². The second-order valence-corrected chi connectivity index (χ2v) is 9.60. The van der Waals surface area contributed by atoms with Gasteiger partial charge in [0.25, 0.3) is 0 Å². The fourth-order valence-electron chi connectivity index (χ4n) is 3.44. The van der Waals surface area contributed by atoms with E-state index in [0.717, 1.165) is 25.7 Å². The zero-order valence-corrected chi connectivity index (χ0v) is 17.6. The maximum Gasteiger partial charge on any atom is 0.407 e. The molecule has 1 aliphatic carbocycles. The van der Waals surface area contributed by atoms with Crippen molar-refractivity contribution in [2.75, 3.05) is 0 Å². The number of carbonyl (C=O) groups excluding carboxylic acids is 2. The molecule has 1 fully saturated rings. The van der Waals surface area contributed by atoms with Crippen LogP contribution in [-0.4, -0.2) is 35.3 Å². The molecule has 0 heterocycles. The summed E-state index contributed by atoms with van der Waals surface area (Å²) in [5, 5.41) is 2.95. The smallest absolute Gasteiger partial charge is 0.407 e. The molecule has 0 radical (unpaired) electrons. The molecule has 1 aliphatic rings. The molecule has 0 spiro atoms. The van der Waals surface area contributed by atoms with Crippen LogP contribution < -0.4 is 11.1 Å². The minimum Gasteiger partial charge on any atom is -0.459 e.